The van der Waals surface area contributed by atoms with Crippen LogP contribution in [0.15, 0.2) is 29.2 Å². The number of piperidine rings is 1. The molecule has 0 atom stereocenters. The number of aryl methyl sites for hydroxylation is 2. The maximum Gasteiger partial charge on any atom is 0.246 e. The second-order valence-electron chi connectivity index (χ2n) is 6.74. The van der Waals surface area contributed by atoms with Crippen LogP contribution in [0.2, 0.25) is 5.02 Å². The van der Waals surface area contributed by atoms with E-state index in [-0.39, 0.29) is 22.4 Å². The summed E-state index contributed by atoms with van der Waals surface area (Å²) in [5, 5.41) is 7.13. The molecule has 0 radical (unpaired) electrons. The zero-order valence-electron chi connectivity index (χ0n) is 15.4. The number of halogens is 1. The molecule has 27 heavy (non-hydrogen) atoms. The summed E-state index contributed by atoms with van der Waals surface area (Å²) in [4.78, 5) is 12.3. The third-order valence-corrected chi connectivity index (χ3v) is 6.92. The quantitative estimate of drug-likeness (QED) is 0.821. The number of carbonyl (C=O) groups is 1. The van der Waals surface area contributed by atoms with Crippen molar-refractivity contribution in [2.75, 3.05) is 18.4 Å². The van der Waals surface area contributed by atoms with E-state index in [1.165, 1.54) is 16.4 Å². The number of nitrogens with one attached hydrogen (secondary N) is 1. The summed E-state index contributed by atoms with van der Waals surface area (Å²) in [5.41, 5.74) is 2.11. The average molecular weight is 411 g/mol. The zero-order valence-corrected chi connectivity index (χ0v) is 17.0. The number of hydrogen-bond acceptors (Lipinski definition) is 4. The highest BCUT2D eigenvalue weighted by Crippen LogP contribution is 2.29. The minimum absolute atomic E-state index is 0.0231. The van der Waals surface area contributed by atoms with E-state index in [4.69, 9.17) is 11.6 Å². The normalized spacial score (nSPS) is 15.7. The smallest absolute Gasteiger partial charge is 0.246 e. The molecule has 0 spiro atoms. The number of nitrogens with zero attached hydrogens (tertiary/aromatic N) is 3. The molecule has 1 aliphatic rings. The number of hydrogen-bond donors (Lipinski definition) is 1. The Kier molecular flexibility index (Phi) is 5.88. The van der Waals surface area contributed by atoms with Gasteiger partial charge in [-0.3, -0.25) is 9.48 Å². The monoisotopic (exact) mass is 410 g/mol. The number of anilines is 1. The van der Waals surface area contributed by atoms with Crippen LogP contribution in [-0.2, 0) is 21.4 Å². The van der Waals surface area contributed by atoms with Crippen LogP contribution >= 0.6 is 11.6 Å². The summed E-state index contributed by atoms with van der Waals surface area (Å²) in [5.74, 6) is -0.287. The van der Waals surface area contributed by atoms with E-state index in [1.54, 1.807) is 10.7 Å². The standard InChI is InChI=1S/C18H23ClN4O3S/c1-13-10-14(2)23(21-13)12-18(24)20-15-6-7-16(19)17(11-15)27(25,26)22-8-4-3-5-9-22/h6-7,10-11H,3-5,8-9,12H2,1-2H3,(H,20,24). The highest BCUT2D eigenvalue weighted by atomic mass is 35.5. The van der Waals surface area contributed by atoms with E-state index in [1.807, 2.05) is 19.9 Å². The van der Waals surface area contributed by atoms with E-state index in [0.29, 0.717) is 18.8 Å². The summed E-state index contributed by atoms with van der Waals surface area (Å²) in [6.45, 7) is 4.77. The second kappa shape index (κ2) is 8.00. The maximum absolute atomic E-state index is 12.9. The van der Waals surface area contributed by atoms with Crippen molar-refractivity contribution in [1.82, 2.24) is 14.1 Å². The summed E-state index contributed by atoms with van der Waals surface area (Å²) in [6.07, 6.45) is 2.72. The lowest BCUT2D eigenvalue weighted by Crippen LogP contribution is -2.35. The molecule has 7 nitrogen and oxygen atoms in total. The fourth-order valence-corrected chi connectivity index (χ4v) is 5.21. The van der Waals surface area contributed by atoms with Crippen molar-refractivity contribution in [2.24, 2.45) is 0 Å². The first-order chi connectivity index (χ1) is 12.8. The molecule has 1 saturated heterocycles. The maximum atomic E-state index is 12.9. The third-order valence-electron chi connectivity index (χ3n) is 4.54. The van der Waals surface area contributed by atoms with Crippen LogP contribution in [0.3, 0.4) is 0 Å². The van der Waals surface area contributed by atoms with Crippen molar-refractivity contribution >= 4 is 33.2 Å². The van der Waals surface area contributed by atoms with Gasteiger partial charge in [0.05, 0.1) is 10.7 Å². The Bertz CT molecular complexity index is 950. The molecule has 1 amide bonds. The highest BCUT2D eigenvalue weighted by Gasteiger charge is 2.28. The predicted molar refractivity (Wildman–Crippen MR) is 104 cm³/mol. The molecule has 1 N–H and O–H groups in total. The van der Waals surface area contributed by atoms with E-state index < -0.39 is 10.0 Å². The molecule has 0 saturated carbocycles. The Morgan fingerprint density at radius 3 is 2.52 bits per heavy atom. The van der Waals surface area contributed by atoms with Crippen LogP contribution in [-0.4, -0.2) is 41.5 Å². The van der Waals surface area contributed by atoms with Crippen LogP contribution in [0.1, 0.15) is 30.7 Å². The van der Waals surface area contributed by atoms with Crippen LogP contribution in [0.4, 0.5) is 5.69 Å². The summed E-state index contributed by atoms with van der Waals surface area (Å²) >= 11 is 6.16. The van der Waals surface area contributed by atoms with Crippen molar-refractivity contribution in [3.63, 3.8) is 0 Å². The molecule has 0 unspecified atom stereocenters. The number of rotatable bonds is 5. The molecule has 0 bridgehead atoms. The fourth-order valence-electron chi connectivity index (χ4n) is 3.19. The van der Waals surface area contributed by atoms with E-state index in [0.717, 1.165) is 30.7 Å². The molecule has 1 aromatic heterocycles. The largest absolute Gasteiger partial charge is 0.324 e. The van der Waals surface area contributed by atoms with Crippen LogP contribution in [0.25, 0.3) is 0 Å². The number of carbonyl (C=O) groups excluding carboxylic acids is 1. The van der Waals surface area contributed by atoms with Gasteiger partial charge in [0.1, 0.15) is 11.4 Å². The number of aromatic nitrogens is 2. The Labute approximate surface area is 164 Å². The molecule has 1 fully saturated rings. The molecule has 1 aromatic carbocycles. The van der Waals surface area contributed by atoms with Gasteiger partial charge in [-0.05, 0) is 51.0 Å². The Morgan fingerprint density at radius 2 is 1.89 bits per heavy atom. The van der Waals surface area contributed by atoms with E-state index >= 15 is 0 Å². The molecule has 1 aliphatic heterocycles. The average Bonchev–Trinajstić information content (AvgIpc) is 2.94. The molecule has 0 aliphatic carbocycles. The molecule has 2 heterocycles. The predicted octanol–water partition coefficient (Wildman–Crippen LogP) is 2.97. The molecule has 3 rings (SSSR count). The van der Waals surface area contributed by atoms with Crippen LogP contribution in [0.5, 0.6) is 0 Å². The van der Waals surface area contributed by atoms with Gasteiger partial charge in [0.2, 0.25) is 15.9 Å². The number of amides is 1. The third kappa shape index (κ3) is 4.51. The Morgan fingerprint density at radius 1 is 1.19 bits per heavy atom. The topological polar surface area (TPSA) is 84.3 Å². The van der Waals surface area contributed by atoms with Gasteiger partial charge in [0, 0.05) is 24.5 Å². The summed E-state index contributed by atoms with van der Waals surface area (Å²) < 4.78 is 28.9. The van der Waals surface area contributed by atoms with Crippen molar-refractivity contribution in [3.8, 4) is 0 Å². The van der Waals surface area contributed by atoms with Crippen molar-refractivity contribution in [3.05, 3.63) is 40.7 Å². The van der Waals surface area contributed by atoms with Gasteiger partial charge in [0.15, 0.2) is 0 Å². The lowest BCUT2D eigenvalue weighted by Gasteiger charge is -2.26. The van der Waals surface area contributed by atoms with E-state index in [9.17, 15) is 13.2 Å². The molecular weight excluding hydrogens is 388 g/mol. The van der Waals surface area contributed by atoms with Gasteiger partial charge in [-0.1, -0.05) is 18.0 Å². The minimum atomic E-state index is -3.68. The highest BCUT2D eigenvalue weighted by molar-refractivity contribution is 7.89. The second-order valence-corrected chi connectivity index (χ2v) is 9.06. The lowest BCUT2D eigenvalue weighted by molar-refractivity contribution is -0.116. The number of sulfonamides is 1. The van der Waals surface area contributed by atoms with Gasteiger partial charge in [-0.25, -0.2) is 8.42 Å². The van der Waals surface area contributed by atoms with Gasteiger partial charge in [0.25, 0.3) is 0 Å². The van der Waals surface area contributed by atoms with Crippen molar-refractivity contribution in [2.45, 2.75) is 44.6 Å². The molecule has 2 aromatic rings. The summed E-state index contributed by atoms with van der Waals surface area (Å²) in [7, 11) is -3.68. The SMILES string of the molecule is Cc1cc(C)n(CC(=O)Nc2ccc(Cl)c(S(=O)(=O)N3CCCCC3)c2)n1. The first-order valence-electron chi connectivity index (χ1n) is 8.88. The van der Waals surface area contributed by atoms with Gasteiger partial charge in [-0.2, -0.15) is 9.40 Å². The van der Waals surface area contributed by atoms with E-state index in [2.05, 4.69) is 10.4 Å². The fraction of sp³-hybridized carbons (Fsp3) is 0.444. The van der Waals surface area contributed by atoms with Gasteiger partial charge >= 0.3 is 0 Å². The minimum Gasteiger partial charge on any atom is -0.324 e. The Balaban J connectivity index is 1.78. The van der Waals surface area contributed by atoms with Gasteiger partial charge < -0.3 is 5.32 Å². The molecule has 9 heteroatoms. The zero-order chi connectivity index (χ0) is 19.6. The number of benzene rings is 1. The first-order valence-corrected chi connectivity index (χ1v) is 10.7. The van der Waals surface area contributed by atoms with Crippen LogP contribution in [0, 0.1) is 13.8 Å². The van der Waals surface area contributed by atoms with Crippen LogP contribution < -0.4 is 5.32 Å². The Hall–Kier alpha value is -1.90. The first kappa shape index (κ1) is 19.9. The lowest BCUT2D eigenvalue weighted by atomic mass is 10.2. The van der Waals surface area contributed by atoms with Crippen molar-refractivity contribution in [1.29, 1.82) is 0 Å². The molecule has 146 valence electrons. The molecular formula is C18H23ClN4O3S. The van der Waals surface area contributed by atoms with Gasteiger partial charge in [-0.15, -0.1) is 0 Å². The van der Waals surface area contributed by atoms with Crippen molar-refractivity contribution < 1.29 is 13.2 Å². The summed E-state index contributed by atoms with van der Waals surface area (Å²) in [6, 6.07) is 6.40.